The average Bonchev–Trinajstić information content (AvgIpc) is 3.40. The molecule has 0 spiro atoms. The van der Waals surface area contributed by atoms with E-state index in [0.29, 0.717) is 6.54 Å². The number of aliphatic imine (C=N–C) groups is 1. The van der Waals surface area contributed by atoms with Gasteiger partial charge in [0, 0.05) is 32.0 Å². The Morgan fingerprint density at radius 1 is 1.25 bits per heavy atom. The highest BCUT2D eigenvalue weighted by Crippen LogP contribution is 2.25. The van der Waals surface area contributed by atoms with E-state index in [2.05, 4.69) is 33.6 Å². The van der Waals surface area contributed by atoms with Crippen LogP contribution in [0.4, 0.5) is 0 Å². The first kappa shape index (κ1) is 22.7. The zero-order valence-electron chi connectivity index (χ0n) is 16.7. The largest absolute Gasteiger partial charge is 0.468 e. The SMILES string of the molecule is CCNC(=NCC(c1ccco1)N1CCCCC1)NCCCn1cccn1.I. The van der Waals surface area contributed by atoms with Crippen molar-refractivity contribution in [3.05, 3.63) is 42.6 Å². The van der Waals surface area contributed by atoms with Gasteiger partial charge in [-0.15, -0.1) is 24.0 Å². The van der Waals surface area contributed by atoms with Crippen LogP contribution in [0, 0.1) is 0 Å². The molecule has 2 aromatic rings. The molecule has 0 aromatic carbocycles. The number of nitrogens with one attached hydrogen (secondary N) is 2. The van der Waals surface area contributed by atoms with E-state index in [9.17, 15) is 0 Å². The van der Waals surface area contributed by atoms with Gasteiger partial charge in [0.25, 0.3) is 0 Å². The minimum absolute atomic E-state index is 0. The van der Waals surface area contributed by atoms with Gasteiger partial charge in [-0.2, -0.15) is 5.10 Å². The monoisotopic (exact) mass is 500 g/mol. The molecule has 1 atom stereocenters. The van der Waals surface area contributed by atoms with Gasteiger partial charge in [-0.05, 0) is 57.5 Å². The fourth-order valence-corrected chi connectivity index (χ4v) is 3.50. The fourth-order valence-electron chi connectivity index (χ4n) is 3.50. The summed E-state index contributed by atoms with van der Waals surface area (Å²) in [6.07, 6.45) is 10.4. The van der Waals surface area contributed by atoms with Crippen molar-refractivity contribution in [2.24, 2.45) is 4.99 Å². The zero-order valence-corrected chi connectivity index (χ0v) is 19.0. The molecule has 2 N–H and O–H groups in total. The van der Waals surface area contributed by atoms with Crippen molar-refractivity contribution in [1.82, 2.24) is 25.3 Å². The first-order valence-corrected chi connectivity index (χ1v) is 10.1. The van der Waals surface area contributed by atoms with Gasteiger partial charge in [0.05, 0.1) is 18.8 Å². The van der Waals surface area contributed by atoms with Gasteiger partial charge in [0.15, 0.2) is 5.96 Å². The lowest BCUT2D eigenvalue weighted by Crippen LogP contribution is -2.40. The molecule has 3 heterocycles. The molecule has 156 valence electrons. The van der Waals surface area contributed by atoms with Crippen LogP contribution in [0.15, 0.2) is 46.3 Å². The van der Waals surface area contributed by atoms with E-state index in [-0.39, 0.29) is 30.0 Å². The van der Waals surface area contributed by atoms with Crippen LogP contribution in [-0.2, 0) is 6.54 Å². The average molecular weight is 500 g/mol. The number of nitrogens with zero attached hydrogens (tertiary/aromatic N) is 4. The van der Waals surface area contributed by atoms with E-state index in [1.54, 1.807) is 6.26 Å². The Balaban J connectivity index is 0.00000280. The summed E-state index contributed by atoms with van der Waals surface area (Å²) in [6, 6.07) is 6.20. The summed E-state index contributed by atoms with van der Waals surface area (Å²) in [7, 11) is 0. The van der Waals surface area contributed by atoms with Crippen LogP contribution in [0.25, 0.3) is 0 Å². The molecule has 0 aliphatic carbocycles. The molecule has 1 saturated heterocycles. The smallest absolute Gasteiger partial charge is 0.191 e. The molecule has 0 amide bonds. The van der Waals surface area contributed by atoms with E-state index in [0.717, 1.165) is 50.9 Å². The molecule has 0 saturated carbocycles. The van der Waals surface area contributed by atoms with Crippen molar-refractivity contribution in [2.75, 3.05) is 32.7 Å². The third-order valence-corrected chi connectivity index (χ3v) is 4.89. The third-order valence-electron chi connectivity index (χ3n) is 4.89. The summed E-state index contributed by atoms with van der Waals surface area (Å²) in [6.45, 7) is 7.64. The van der Waals surface area contributed by atoms with Crippen LogP contribution in [0.5, 0.6) is 0 Å². The van der Waals surface area contributed by atoms with Crippen LogP contribution in [0.3, 0.4) is 0 Å². The first-order valence-electron chi connectivity index (χ1n) is 10.1. The van der Waals surface area contributed by atoms with Crippen LogP contribution in [0.1, 0.15) is 44.4 Å². The highest BCUT2D eigenvalue weighted by atomic mass is 127. The second kappa shape index (κ2) is 12.8. The van der Waals surface area contributed by atoms with Crippen molar-refractivity contribution in [2.45, 2.75) is 45.2 Å². The Morgan fingerprint density at radius 3 is 2.79 bits per heavy atom. The summed E-state index contributed by atoms with van der Waals surface area (Å²) in [5.74, 6) is 1.88. The summed E-state index contributed by atoms with van der Waals surface area (Å²) in [5, 5.41) is 11.0. The number of aryl methyl sites for hydroxylation is 1. The Labute approximate surface area is 185 Å². The van der Waals surface area contributed by atoms with Gasteiger partial charge in [0.1, 0.15) is 5.76 Å². The molecule has 1 unspecified atom stereocenters. The molecule has 0 radical (unpaired) electrons. The number of guanidine groups is 1. The Bertz CT molecular complexity index is 652. The molecule has 1 aliphatic rings. The maximum Gasteiger partial charge on any atom is 0.191 e. The molecule has 8 heteroatoms. The second-order valence-electron chi connectivity index (χ2n) is 6.90. The number of rotatable bonds is 9. The lowest BCUT2D eigenvalue weighted by molar-refractivity contribution is 0.150. The molecule has 1 aliphatic heterocycles. The van der Waals surface area contributed by atoms with E-state index in [1.165, 1.54) is 19.3 Å². The summed E-state index contributed by atoms with van der Waals surface area (Å²) in [5.41, 5.74) is 0. The van der Waals surface area contributed by atoms with Crippen molar-refractivity contribution < 1.29 is 4.42 Å². The normalized spacial score (nSPS) is 16.4. The van der Waals surface area contributed by atoms with Crippen LogP contribution in [0.2, 0.25) is 0 Å². The van der Waals surface area contributed by atoms with E-state index < -0.39 is 0 Å². The first-order chi connectivity index (χ1) is 13.4. The van der Waals surface area contributed by atoms with E-state index in [1.807, 2.05) is 29.2 Å². The molecule has 2 aromatic heterocycles. The number of furan rings is 1. The lowest BCUT2D eigenvalue weighted by atomic mass is 10.1. The molecule has 1 fully saturated rings. The quantitative estimate of drug-likeness (QED) is 0.240. The molecule has 3 rings (SSSR count). The Kier molecular flexibility index (Phi) is 10.4. The highest BCUT2D eigenvalue weighted by Gasteiger charge is 2.24. The maximum atomic E-state index is 5.72. The van der Waals surface area contributed by atoms with Gasteiger partial charge in [-0.3, -0.25) is 14.6 Å². The van der Waals surface area contributed by atoms with Crippen molar-refractivity contribution >= 4 is 29.9 Å². The van der Waals surface area contributed by atoms with E-state index in [4.69, 9.17) is 9.41 Å². The number of piperidine rings is 1. The van der Waals surface area contributed by atoms with Crippen molar-refractivity contribution in [3.63, 3.8) is 0 Å². The number of hydrogen-bond donors (Lipinski definition) is 2. The van der Waals surface area contributed by atoms with Crippen LogP contribution < -0.4 is 10.6 Å². The molecule has 28 heavy (non-hydrogen) atoms. The lowest BCUT2D eigenvalue weighted by Gasteiger charge is -2.32. The second-order valence-corrected chi connectivity index (χ2v) is 6.90. The zero-order chi connectivity index (χ0) is 18.7. The maximum absolute atomic E-state index is 5.72. The minimum Gasteiger partial charge on any atom is -0.468 e. The predicted molar refractivity (Wildman–Crippen MR) is 123 cm³/mol. The van der Waals surface area contributed by atoms with E-state index >= 15 is 0 Å². The Hall–Kier alpha value is -1.55. The van der Waals surface area contributed by atoms with Gasteiger partial charge >= 0.3 is 0 Å². The third kappa shape index (κ3) is 7.12. The standard InChI is InChI=1S/C20H32N6O.HI/c1-2-21-20(22-10-7-14-26-15-8-11-24-26)23-17-18(19-9-6-16-27-19)25-12-4-3-5-13-25;/h6,8-9,11,15-16,18H,2-5,7,10,12-14,17H2,1H3,(H2,21,22,23);1H. The summed E-state index contributed by atoms with van der Waals surface area (Å²) >= 11 is 0. The Morgan fingerprint density at radius 2 is 2.11 bits per heavy atom. The van der Waals surface area contributed by atoms with Gasteiger partial charge < -0.3 is 15.1 Å². The molecular weight excluding hydrogens is 467 g/mol. The number of likely N-dealkylation sites (tertiary alicyclic amines) is 1. The summed E-state index contributed by atoms with van der Waals surface area (Å²) < 4.78 is 7.67. The number of aromatic nitrogens is 2. The van der Waals surface area contributed by atoms with Gasteiger partial charge in [0.2, 0.25) is 0 Å². The van der Waals surface area contributed by atoms with Crippen LogP contribution >= 0.6 is 24.0 Å². The van der Waals surface area contributed by atoms with Gasteiger partial charge in [-0.25, -0.2) is 0 Å². The number of halogens is 1. The molecular formula is C20H33IN6O. The highest BCUT2D eigenvalue weighted by molar-refractivity contribution is 14.0. The number of hydrogen-bond acceptors (Lipinski definition) is 4. The van der Waals surface area contributed by atoms with Crippen LogP contribution in [-0.4, -0.2) is 53.4 Å². The predicted octanol–water partition coefficient (Wildman–Crippen LogP) is 3.27. The molecule has 0 bridgehead atoms. The fraction of sp³-hybridized carbons (Fsp3) is 0.600. The van der Waals surface area contributed by atoms with Gasteiger partial charge in [-0.1, -0.05) is 6.42 Å². The topological polar surface area (TPSA) is 70.6 Å². The van der Waals surface area contributed by atoms with Crippen molar-refractivity contribution in [3.8, 4) is 0 Å². The minimum atomic E-state index is 0. The summed E-state index contributed by atoms with van der Waals surface area (Å²) in [4.78, 5) is 7.36. The molecule has 7 nitrogen and oxygen atoms in total. The van der Waals surface area contributed by atoms with Crippen molar-refractivity contribution in [1.29, 1.82) is 0 Å².